The Morgan fingerprint density at radius 2 is 1.63 bits per heavy atom. The molecular formula is C15H14N2OS. The van der Waals surface area contributed by atoms with Gasteiger partial charge in [0.2, 0.25) is 0 Å². The second-order valence-corrected chi connectivity index (χ2v) is 4.55. The van der Waals surface area contributed by atoms with E-state index in [4.69, 9.17) is 18.0 Å². The van der Waals surface area contributed by atoms with E-state index in [0.29, 0.717) is 17.1 Å². The van der Waals surface area contributed by atoms with Crippen molar-refractivity contribution in [2.24, 2.45) is 5.73 Å². The molecule has 0 atom stereocenters. The Labute approximate surface area is 117 Å². The Bertz CT molecular complexity index is 579. The first-order chi connectivity index (χ1) is 9.16. The van der Waals surface area contributed by atoms with Crippen molar-refractivity contribution in [1.29, 1.82) is 0 Å². The van der Waals surface area contributed by atoms with Gasteiger partial charge in [-0.05, 0) is 17.7 Å². The third-order valence-electron chi connectivity index (χ3n) is 2.73. The van der Waals surface area contributed by atoms with Crippen LogP contribution in [0.3, 0.4) is 0 Å². The van der Waals surface area contributed by atoms with Crippen LogP contribution >= 0.6 is 12.2 Å². The minimum absolute atomic E-state index is 0.0842. The van der Waals surface area contributed by atoms with Gasteiger partial charge in [0.25, 0.3) is 5.91 Å². The maximum Gasteiger partial charge on any atom is 0.251 e. The minimum Gasteiger partial charge on any atom is -0.389 e. The fourth-order valence-electron chi connectivity index (χ4n) is 1.66. The summed E-state index contributed by atoms with van der Waals surface area (Å²) >= 11 is 4.88. The van der Waals surface area contributed by atoms with E-state index in [0.717, 1.165) is 11.1 Å². The van der Waals surface area contributed by atoms with E-state index in [1.54, 1.807) is 12.1 Å². The van der Waals surface area contributed by atoms with Crippen molar-refractivity contribution < 1.29 is 4.79 Å². The molecule has 0 spiro atoms. The zero-order valence-electron chi connectivity index (χ0n) is 10.3. The van der Waals surface area contributed by atoms with Crippen LogP contribution in [-0.4, -0.2) is 10.9 Å². The van der Waals surface area contributed by atoms with Crippen molar-refractivity contribution in [1.82, 2.24) is 5.32 Å². The van der Waals surface area contributed by atoms with Crippen molar-refractivity contribution in [3.63, 3.8) is 0 Å². The van der Waals surface area contributed by atoms with Crippen molar-refractivity contribution in [2.75, 3.05) is 0 Å². The maximum absolute atomic E-state index is 11.8. The number of rotatable bonds is 4. The summed E-state index contributed by atoms with van der Waals surface area (Å²) in [7, 11) is 0. The summed E-state index contributed by atoms with van der Waals surface area (Å²) in [6, 6.07) is 16.6. The van der Waals surface area contributed by atoms with Gasteiger partial charge in [-0.25, -0.2) is 0 Å². The Hall–Kier alpha value is -2.20. The highest BCUT2D eigenvalue weighted by Gasteiger charge is 2.04. The quantitative estimate of drug-likeness (QED) is 0.838. The number of amides is 1. The summed E-state index contributed by atoms with van der Waals surface area (Å²) in [6.07, 6.45) is 0. The van der Waals surface area contributed by atoms with Crippen LogP contribution in [0.4, 0.5) is 0 Å². The fraction of sp³-hybridized carbons (Fsp3) is 0.0667. The largest absolute Gasteiger partial charge is 0.389 e. The summed E-state index contributed by atoms with van der Waals surface area (Å²) in [5, 5.41) is 2.86. The smallest absolute Gasteiger partial charge is 0.251 e. The van der Waals surface area contributed by atoms with Crippen LogP contribution < -0.4 is 11.1 Å². The standard InChI is InChI=1S/C15H14N2OS/c16-14(19)12-8-6-11(7-9-12)10-17-15(18)13-4-2-1-3-5-13/h1-9H,10H2,(H2,16,19)(H,17,18). The molecule has 2 rings (SSSR count). The average Bonchev–Trinajstić information content (AvgIpc) is 2.46. The van der Waals surface area contributed by atoms with Gasteiger partial charge in [-0.15, -0.1) is 0 Å². The van der Waals surface area contributed by atoms with Gasteiger partial charge in [-0.1, -0.05) is 54.7 Å². The lowest BCUT2D eigenvalue weighted by Gasteiger charge is -2.06. The zero-order chi connectivity index (χ0) is 13.7. The SMILES string of the molecule is NC(=S)c1ccc(CNC(=O)c2ccccc2)cc1. The molecule has 2 aromatic carbocycles. The molecule has 0 fully saturated rings. The van der Waals surface area contributed by atoms with E-state index < -0.39 is 0 Å². The normalized spacial score (nSPS) is 9.89. The third kappa shape index (κ3) is 3.63. The topological polar surface area (TPSA) is 55.1 Å². The predicted molar refractivity (Wildman–Crippen MR) is 79.9 cm³/mol. The summed E-state index contributed by atoms with van der Waals surface area (Å²) in [6.45, 7) is 0.478. The fourth-order valence-corrected chi connectivity index (χ4v) is 1.80. The molecule has 0 radical (unpaired) electrons. The molecule has 0 aliphatic heterocycles. The Morgan fingerprint density at radius 3 is 2.21 bits per heavy atom. The number of carbonyl (C=O) groups is 1. The summed E-state index contributed by atoms with van der Waals surface area (Å²) < 4.78 is 0. The van der Waals surface area contributed by atoms with E-state index >= 15 is 0 Å². The first kappa shape index (κ1) is 13.2. The Balaban J connectivity index is 1.95. The lowest BCUT2D eigenvalue weighted by atomic mass is 10.1. The summed E-state index contributed by atoms with van der Waals surface area (Å²) in [5.41, 5.74) is 8.01. The van der Waals surface area contributed by atoms with Crippen molar-refractivity contribution >= 4 is 23.1 Å². The molecule has 0 bridgehead atoms. The van der Waals surface area contributed by atoms with E-state index in [2.05, 4.69) is 5.32 Å². The van der Waals surface area contributed by atoms with Gasteiger partial charge in [0, 0.05) is 17.7 Å². The third-order valence-corrected chi connectivity index (χ3v) is 2.96. The molecule has 0 saturated carbocycles. The van der Waals surface area contributed by atoms with Crippen LogP contribution in [0, 0.1) is 0 Å². The Kier molecular flexibility index (Phi) is 4.26. The van der Waals surface area contributed by atoms with Gasteiger partial charge in [0.1, 0.15) is 4.99 Å². The van der Waals surface area contributed by atoms with Crippen LogP contribution in [0.25, 0.3) is 0 Å². The summed E-state index contributed by atoms with van der Waals surface area (Å²) in [4.78, 5) is 12.2. The van der Waals surface area contributed by atoms with Crippen molar-refractivity contribution in [3.05, 3.63) is 71.3 Å². The number of hydrogen-bond acceptors (Lipinski definition) is 2. The highest BCUT2D eigenvalue weighted by Crippen LogP contribution is 2.05. The Morgan fingerprint density at radius 1 is 1.00 bits per heavy atom. The number of hydrogen-bond donors (Lipinski definition) is 2. The molecule has 96 valence electrons. The molecule has 0 aliphatic carbocycles. The second kappa shape index (κ2) is 6.11. The predicted octanol–water partition coefficient (Wildman–Crippen LogP) is 2.25. The molecule has 0 aliphatic rings. The molecule has 0 heterocycles. The molecule has 3 nitrogen and oxygen atoms in total. The van der Waals surface area contributed by atoms with Crippen molar-refractivity contribution in [3.8, 4) is 0 Å². The molecule has 0 saturated heterocycles. The van der Waals surface area contributed by atoms with E-state index in [1.165, 1.54) is 0 Å². The molecule has 0 aromatic heterocycles. The van der Waals surface area contributed by atoms with E-state index in [1.807, 2.05) is 42.5 Å². The van der Waals surface area contributed by atoms with Crippen LogP contribution in [0.15, 0.2) is 54.6 Å². The van der Waals surface area contributed by atoms with Gasteiger partial charge < -0.3 is 11.1 Å². The van der Waals surface area contributed by atoms with E-state index in [9.17, 15) is 4.79 Å². The molecule has 4 heteroatoms. The molecule has 3 N–H and O–H groups in total. The second-order valence-electron chi connectivity index (χ2n) is 4.11. The van der Waals surface area contributed by atoms with Gasteiger partial charge in [0.05, 0.1) is 0 Å². The number of carbonyl (C=O) groups excluding carboxylic acids is 1. The average molecular weight is 270 g/mol. The minimum atomic E-state index is -0.0842. The molecular weight excluding hydrogens is 256 g/mol. The molecule has 2 aromatic rings. The number of benzene rings is 2. The lowest BCUT2D eigenvalue weighted by molar-refractivity contribution is 0.0951. The van der Waals surface area contributed by atoms with Crippen LogP contribution in [0.5, 0.6) is 0 Å². The highest BCUT2D eigenvalue weighted by molar-refractivity contribution is 7.80. The lowest BCUT2D eigenvalue weighted by Crippen LogP contribution is -2.22. The first-order valence-corrected chi connectivity index (χ1v) is 6.29. The van der Waals surface area contributed by atoms with Gasteiger partial charge >= 0.3 is 0 Å². The van der Waals surface area contributed by atoms with Crippen LogP contribution in [-0.2, 0) is 6.54 Å². The summed E-state index contributed by atoms with van der Waals surface area (Å²) in [5.74, 6) is -0.0842. The first-order valence-electron chi connectivity index (χ1n) is 5.89. The van der Waals surface area contributed by atoms with Crippen LogP contribution in [0.2, 0.25) is 0 Å². The number of thiocarbonyl (C=S) groups is 1. The number of nitrogens with two attached hydrogens (primary N) is 1. The maximum atomic E-state index is 11.8. The highest BCUT2D eigenvalue weighted by atomic mass is 32.1. The van der Waals surface area contributed by atoms with E-state index in [-0.39, 0.29) is 5.91 Å². The molecule has 1 amide bonds. The number of nitrogens with one attached hydrogen (secondary N) is 1. The molecule has 19 heavy (non-hydrogen) atoms. The van der Waals surface area contributed by atoms with Crippen LogP contribution in [0.1, 0.15) is 21.5 Å². The zero-order valence-corrected chi connectivity index (χ0v) is 11.1. The van der Waals surface area contributed by atoms with Gasteiger partial charge in [0.15, 0.2) is 0 Å². The monoisotopic (exact) mass is 270 g/mol. The van der Waals surface area contributed by atoms with Gasteiger partial charge in [-0.2, -0.15) is 0 Å². The molecule has 0 unspecified atom stereocenters. The van der Waals surface area contributed by atoms with Gasteiger partial charge in [-0.3, -0.25) is 4.79 Å². The van der Waals surface area contributed by atoms with Crippen molar-refractivity contribution in [2.45, 2.75) is 6.54 Å².